The zero-order chi connectivity index (χ0) is 13.0. The van der Waals surface area contributed by atoms with Gasteiger partial charge in [0.05, 0.1) is 38.0 Å². The smallest absolute Gasteiger partial charge is 0.141 e. The van der Waals surface area contributed by atoms with Crippen LogP contribution in [0.2, 0.25) is 0 Å². The molecule has 0 amide bonds. The summed E-state index contributed by atoms with van der Waals surface area (Å²) in [6.45, 7) is 4.21. The summed E-state index contributed by atoms with van der Waals surface area (Å²) in [5, 5.41) is 12.8. The average molecular weight is 251 g/mol. The van der Waals surface area contributed by atoms with Crippen molar-refractivity contribution in [3.05, 3.63) is 23.8 Å². The predicted molar refractivity (Wildman–Crippen MR) is 71.2 cm³/mol. The highest BCUT2D eigenvalue weighted by Gasteiger charge is 2.37. The second-order valence-electron chi connectivity index (χ2n) is 4.89. The summed E-state index contributed by atoms with van der Waals surface area (Å²) in [4.78, 5) is 0. The van der Waals surface area contributed by atoms with Crippen LogP contribution in [0.5, 0.6) is 5.75 Å². The fraction of sp³-hybridized carbons (Fsp3) is 0.571. The molecule has 18 heavy (non-hydrogen) atoms. The fourth-order valence-corrected chi connectivity index (χ4v) is 2.04. The zero-order valence-corrected chi connectivity index (χ0v) is 11.0. The Hall–Kier alpha value is -1.26. The van der Waals surface area contributed by atoms with Gasteiger partial charge in [0.25, 0.3) is 0 Å². The number of aryl methyl sites for hydroxylation is 1. The van der Waals surface area contributed by atoms with Crippen LogP contribution < -0.4 is 10.1 Å². The van der Waals surface area contributed by atoms with E-state index in [-0.39, 0.29) is 12.0 Å². The van der Waals surface area contributed by atoms with Crippen LogP contribution in [0.4, 0.5) is 5.69 Å². The zero-order valence-electron chi connectivity index (χ0n) is 11.0. The number of hydrogen-bond acceptors (Lipinski definition) is 4. The lowest BCUT2D eigenvalue weighted by Gasteiger charge is -2.40. The molecule has 2 N–H and O–H groups in total. The first-order chi connectivity index (χ1) is 8.73. The Labute approximate surface area is 108 Å². The molecule has 1 heterocycles. The fourth-order valence-electron chi connectivity index (χ4n) is 2.04. The highest BCUT2D eigenvalue weighted by Crippen LogP contribution is 2.30. The number of hydrogen-bond donors (Lipinski definition) is 2. The monoisotopic (exact) mass is 251 g/mol. The summed E-state index contributed by atoms with van der Waals surface area (Å²) in [5.41, 5.74) is 2.12. The van der Waals surface area contributed by atoms with Crippen LogP contribution in [-0.2, 0) is 11.2 Å². The Balaban J connectivity index is 2.07. The summed E-state index contributed by atoms with van der Waals surface area (Å²) < 4.78 is 10.5. The molecule has 0 aromatic heterocycles. The topological polar surface area (TPSA) is 50.7 Å². The van der Waals surface area contributed by atoms with E-state index in [1.165, 1.54) is 5.56 Å². The van der Waals surface area contributed by atoms with Crippen molar-refractivity contribution in [2.24, 2.45) is 5.41 Å². The third-order valence-corrected chi connectivity index (χ3v) is 3.48. The van der Waals surface area contributed by atoms with E-state index >= 15 is 0 Å². The number of methoxy groups -OCH3 is 1. The van der Waals surface area contributed by atoms with Crippen LogP contribution in [0.25, 0.3) is 0 Å². The Kier molecular flexibility index (Phi) is 4.09. The van der Waals surface area contributed by atoms with Crippen molar-refractivity contribution in [3.63, 3.8) is 0 Å². The number of benzene rings is 1. The summed E-state index contributed by atoms with van der Waals surface area (Å²) in [6, 6.07) is 6.14. The molecule has 0 aliphatic carbocycles. The molecule has 4 nitrogen and oxygen atoms in total. The van der Waals surface area contributed by atoms with Crippen molar-refractivity contribution in [3.8, 4) is 5.75 Å². The molecule has 100 valence electrons. The van der Waals surface area contributed by atoms with E-state index in [0.717, 1.165) is 17.9 Å². The Morgan fingerprint density at radius 2 is 2.22 bits per heavy atom. The second kappa shape index (κ2) is 5.59. The average Bonchev–Trinajstić information content (AvgIpc) is 2.37. The number of aliphatic hydroxyl groups excluding tert-OH is 1. The van der Waals surface area contributed by atoms with Crippen LogP contribution in [0.1, 0.15) is 12.5 Å². The van der Waals surface area contributed by atoms with Crippen LogP contribution in [0.15, 0.2) is 18.2 Å². The maximum atomic E-state index is 9.39. The van der Waals surface area contributed by atoms with Gasteiger partial charge < -0.3 is 19.9 Å². The van der Waals surface area contributed by atoms with Crippen molar-refractivity contribution >= 4 is 5.69 Å². The molecule has 0 atom stereocenters. The van der Waals surface area contributed by atoms with Crippen molar-refractivity contribution < 1.29 is 14.6 Å². The Morgan fingerprint density at radius 1 is 1.44 bits per heavy atom. The van der Waals surface area contributed by atoms with Gasteiger partial charge in [-0.05, 0) is 24.1 Å². The Bertz CT molecular complexity index is 397. The first kappa shape index (κ1) is 13.2. The van der Waals surface area contributed by atoms with E-state index < -0.39 is 0 Å². The molecule has 0 saturated carbocycles. The minimum absolute atomic E-state index is 0.132. The van der Waals surface area contributed by atoms with Gasteiger partial charge in [-0.1, -0.05) is 13.0 Å². The van der Waals surface area contributed by atoms with Gasteiger partial charge in [0, 0.05) is 6.54 Å². The number of nitrogens with one attached hydrogen (secondary N) is 1. The third-order valence-electron chi connectivity index (χ3n) is 3.48. The van der Waals surface area contributed by atoms with Crippen molar-refractivity contribution in [1.82, 2.24) is 0 Å². The molecular weight excluding hydrogens is 230 g/mol. The lowest BCUT2D eigenvalue weighted by Crippen LogP contribution is -2.50. The van der Waals surface area contributed by atoms with Gasteiger partial charge in [-0.2, -0.15) is 0 Å². The van der Waals surface area contributed by atoms with Gasteiger partial charge in [0.2, 0.25) is 0 Å². The lowest BCUT2D eigenvalue weighted by atomic mass is 9.87. The summed E-state index contributed by atoms with van der Waals surface area (Å²) in [6.07, 6.45) is 0.993. The van der Waals surface area contributed by atoms with E-state index in [1.807, 2.05) is 6.07 Å². The standard InChI is InChI=1S/C14H21NO3/c1-3-11-4-5-13(17-2)12(6-11)15-7-14(8-16)9-18-10-14/h4-6,15-16H,3,7-10H2,1-2H3. The lowest BCUT2D eigenvalue weighted by molar-refractivity contribution is -0.128. The van der Waals surface area contributed by atoms with Crippen molar-refractivity contribution in [1.29, 1.82) is 0 Å². The number of anilines is 1. The van der Waals surface area contributed by atoms with Gasteiger partial charge in [0.1, 0.15) is 5.75 Å². The molecule has 1 aromatic rings. The van der Waals surface area contributed by atoms with Crippen LogP contribution in [-0.4, -0.2) is 38.6 Å². The van der Waals surface area contributed by atoms with Crippen LogP contribution >= 0.6 is 0 Å². The van der Waals surface area contributed by atoms with Gasteiger partial charge in [-0.3, -0.25) is 0 Å². The molecule has 1 saturated heterocycles. The predicted octanol–water partition coefficient (Wildman–Crippen LogP) is 1.68. The van der Waals surface area contributed by atoms with Crippen LogP contribution in [0.3, 0.4) is 0 Å². The molecule has 1 aliphatic heterocycles. The second-order valence-corrected chi connectivity index (χ2v) is 4.89. The van der Waals surface area contributed by atoms with Gasteiger partial charge >= 0.3 is 0 Å². The quantitative estimate of drug-likeness (QED) is 0.807. The molecule has 2 rings (SSSR count). The van der Waals surface area contributed by atoms with Crippen molar-refractivity contribution in [2.45, 2.75) is 13.3 Å². The normalized spacial score (nSPS) is 17.1. The number of ether oxygens (including phenoxy) is 2. The summed E-state index contributed by atoms with van der Waals surface area (Å²) >= 11 is 0. The highest BCUT2D eigenvalue weighted by molar-refractivity contribution is 5.58. The molecule has 0 spiro atoms. The van der Waals surface area contributed by atoms with Crippen LogP contribution in [0, 0.1) is 5.41 Å². The Morgan fingerprint density at radius 3 is 2.72 bits per heavy atom. The number of rotatable bonds is 6. The SMILES string of the molecule is CCc1ccc(OC)c(NCC2(CO)COC2)c1. The van der Waals surface area contributed by atoms with Gasteiger partial charge in [-0.15, -0.1) is 0 Å². The molecule has 0 bridgehead atoms. The molecule has 1 fully saturated rings. The third kappa shape index (κ3) is 2.60. The minimum atomic E-state index is -0.132. The molecule has 1 aliphatic rings. The van der Waals surface area contributed by atoms with Gasteiger partial charge in [-0.25, -0.2) is 0 Å². The van der Waals surface area contributed by atoms with E-state index in [9.17, 15) is 5.11 Å². The molecule has 0 radical (unpaired) electrons. The molecule has 1 aromatic carbocycles. The van der Waals surface area contributed by atoms with E-state index in [4.69, 9.17) is 9.47 Å². The van der Waals surface area contributed by atoms with Crippen molar-refractivity contribution in [2.75, 3.05) is 38.8 Å². The van der Waals surface area contributed by atoms with E-state index in [1.54, 1.807) is 7.11 Å². The van der Waals surface area contributed by atoms with Gasteiger partial charge in [0.15, 0.2) is 0 Å². The summed E-state index contributed by atoms with van der Waals surface area (Å²) in [5.74, 6) is 0.834. The van der Waals surface area contributed by atoms with E-state index in [2.05, 4.69) is 24.4 Å². The molecular formula is C14H21NO3. The minimum Gasteiger partial charge on any atom is -0.495 e. The highest BCUT2D eigenvalue weighted by atomic mass is 16.5. The molecule has 4 heteroatoms. The number of aliphatic hydroxyl groups is 1. The largest absolute Gasteiger partial charge is 0.495 e. The maximum absolute atomic E-state index is 9.39. The maximum Gasteiger partial charge on any atom is 0.141 e. The first-order valence-electron chi connectivity index (χ1n) is 6.32. The van der Waals surface area contributed by atoms with E-state index in [0.29, 0.717) is 19.8 Å². The first-order valence-corrected chi connectivity index (χ1v) is 6.32. The summed E-state index contributed by atoms with van der Waals surface area (Å²) in [7, 11) is 1.67. The molecule has 0 unspecified atom stereocenters.